The summed E-state index contributed by atoms with van der Waals surface area (Å²) in [7, 11) is 1.52. The quantitative estimate of drug-likeness (QED) is 0.723. The summed E-state index contributed by atoms with van der Waals surface area (Å²) < 4.78 is 5.11. The minimum Gasteiger partial charge on any atom is -0.504 e. The van der Waals surface area contributed by atoms with Crippen molar-refractivity contribution in [2.45, 2.75) is 25.8 Å². The van der Waals surface area contributed by atoms with Gasteiger partial charge in [0.2, 0.25) is 0 Å². The molecular weight excluding hydrogens is 324 g/mol. The van der Waals surface area contributed by atoms with Gasteiger partial charge in [-0.3, -0.25) is 0 Å². The van der Waals surface area contributed by atoms with E-state index in [1.54, 1.807) is 35.9 Å². The molecule has 4 rings (SSSR count). The molecule has 0 aliphatic heterocycles. The minimum absolute atomic E-state index is 0.115. The Balaban J connectivity index is 1.61. The Labute approximate surface area is 142 Å². The summed E-state index contributed by atoms with van der Waals surface area (Å²) in [5, 5.41) is 19.3. The third-order valence-corrected chi connectivity index (χ3v) is 5.34. The van der Waals surface area contributed by atoms with Crippen LogP contribution in [0.4, 0.5) is 5.82 Å². The fourth-order valence-corrected chi connectivity index (χ4v) is 4.22. The van der Waals surface area contributed by atoms with Crippen molar-refractivity contribution in [3.63, 3.8) is 0 Å². The van der Waals surface area contributed by atoms with E-state index < -0.39 is 0 Å². The van der Waals surface area contributed by atoms with Crippen LogP contribution in [0.5, 0.6) is 11.5 Å². The number of nitrogens with zero attached hydrogens (tertiary/aromatic N) is 4. The van der Waals surface area contributed by atoms with Crippen LogP contribution in [0.15, 0.2) is 34.8 Å². The van der Waals surface area contributed by atoms with Gasteiger partial charge in [-0.25, -0.2) is 9.97 Å². The summed E-state index contributed by atoms with van der Waals surface area (Å²) in [5.41, 5.74) is 2.25. The van der Waals surface area contributed by atoms with Crippen LogP contribution in [0.25, 0.3) is 10.2 Å². The Morgan fingerprint density at radius 2 is 2.21 bits per heavy atom. The first kappa shape index (κ1) is 15.0. The summed E-state index contributed by atoms with van der Waals surface area (Å²) in [6, 6.07) is 5.15. The number of rotatable bonds is 4. The van der Waals surface area contributed by atoms with Crippen molar-refractivity contribution in [2.75, 3.05) is 7.11 Å². The maximum Gasteiger partial charge on any atom is 0.186 e. The number of ether oxygens (including phenoxy) is 1. The topological polar surface area (TPSA) is 80.0 Å². The van der Waals surface area contributed by atoms with Crippen molar-refractivity contribution in [2.24, 2.45) is 10.2 Å². The molecule has 0 saturated heterocycles. The first-order chi connectivity index (χ1) is 11.8. The zero-order valence-electron chi connectivity index (χ0n) is 13.2. The Kier molecular flexibility index (Phi) is 3.86. The number of benzene rings is 1. The van der Waals surface area contributed by atoms with Crippen LogP contribution < -0.4 is 4.74 Å². The van der Waals surface area contributed by atoms with Crippen LogP contribution in [0.3, 0.4) is 0 Å². The molecule has 0 saturated carbocycles. The molecule has 1 N–H and O–H groups in total. The first-order valence-corrected chi connectivity index (χ1v) is 8.56. The van der Waals surface area contributed by atoms with Gasteiger partial charge in [-0.1, -0.05) is 6.07 Å². The zero-order valence-corrected chi connectivity index (χ0v) is 14.0. The van der Waals surface area contributed by atoms with Crippen LogP contribution in [-0.4, -0.2) is 22.2 Å². The predicted octanol–water partition coefficient (Wildman–Crippen LogP) is 4.18. The average molecular weight is 340 g/mol. The highest BCUT2D eigenvalue weighted by atomic mass is 32.1. The van der Waals surface area contributed by atoms with Crippen molar-refractivity contribution >= 4 is 27.4 Å². The third kappa shape index (κ3) is 2.60. The molecule has 0 unspecified atom stereocenters. The van der Waals surface area contributed by atoms with Crippen molar-refractivity contribution < 1.29 is 9.84 Å². The van der Waals surface area contributed by atoms with E-state index in [2.05, 4.69) is 20.2 Å². The average Bonchev–Trinajstić information content (AvgIpc) is 3.17. The second-order valence-electron chi connectivity index (χ2n) is 5.64. The molecule has 7 heteroatoms. The Hall–Kier alpha value is -2.54. The molecule has 2 aromatic heterocycles. The number of hydrogen-bond donors (Lipinski definition) is 1. The van der Waals surface area contributed by atoms with Gasteiger partial charge in [0.1, 0.15) is 11.2 Å². The van der Waals surface area contributed by atoms with E-state index >= 15 is 0 Å². The Bertz CT molecular complexity index is 936. The lowest BCUT2D eigenvalue weighted by Gasteiger charge is -2.04. The number of methoxy groups -OCH3 is 1. The minimum atomic E-state index is 0.115. The van der Waals surface area contributed by atoms with Gasteiger partial charge in [0.25, 0.3) is 0 Å². The lowest BCUT2D eigenvalue weighted by molar-refractivity contribution is 0.373. The van der Waals surface area contributed by atoms with E-state index in [9.17, 15) is 5.11 Å². The van der Waals surface area contributed by atoms with Gasteiger partial charge in [-0.15, -0.1) is 16.5 Å². The highest BCUT2D eigenvalue weighted by Crippen LogP contribution is 2.40. The molecule has 0 bridgehead atoms. The van der Waals surface area contributed by atoms with Gasteiger partial charge in [0.15, 0.2) is 17.3 Å². The number of aryl methyl sites for hydroxylation is 2. The molecule has 1 aliphatic rings. The fraction of sp³-hybridized carbons (Fsp3) is 0.294. The molecule has 0 atom stereocenters. The summed E-state index contributed by atoms with van der Waals surface area (Å²) in [4.78, 5) is 11.1. The Morgan fingerprint density at radius 3 is 3.08 bits per heavy atom. The second-order valence-corrected chi connectivity index (χ2v) is 6.72. The molecular formula is C17H16N4O2S. The summed E-state index contributed by atoms with van der Waals surface area (Å²) in [6.07, 6.45) is 4.93. The zero-order chi connectivity index (χ0) is 16.5. The van der Waals surface area contributed by atoms with E-state index in [0.717, 1.165) is 28.6 Å². The van der Waals surface area contributed by atoms with Gasteiger partial charge in [0, 0.05) is 4.88 Å². The molecule has 0 fully saturated rings. The van der Waals surface area contributed by atoms with Gasteiger partial charge in [0.05, 0.1) is 19.0 Å². The maximum atomic E-state index is 9.63. The lowest BCUT2D eigenvalue weighted by Crippen LogP contribution is -1.87. The number of azo groups is 1. The van der Waals surface area contributed by atoms with Crippen LogP contribution in [-0.2, 0) is 19.4 Å². The second kappa shape index (κ2) is 6.16. The number of phenols is 1. The van der Waals surface area contributed by atoms with Gasteiger partial charge in [-0.2, -0.15) is 5.11 Å². The van der Waals surface area contributed by atoms with E-state index in [1.807, 2.05) is 0 Å². The van der Waals surface area contributed by atoms with E-state index in [4.69, 9.17) is 4.74 Å². The molecule has 122 valence electrons. The first-order valence-electron chi connectivity index (χ1n) is 7.75. The molecule has 2 heterocycles. The highest BCUT2D eigenvalue weighted by Gasteiger charge is 2.21. The highest BCUT2D eigenvalue weighted by molar-refractivity contribution is 7.19. The van der Waals surface area contributed by atoms with Crippen molar-refractivity contribution in [3.05, 3.63) is 40.5 Å². The smallest absolute Gasteiger partial charge is 0.186 e. The number of aromatic nitrogens is 2. The standard InChI is InChI=1S/C17H16N4O2S/c1-23-13-7-10(5-6-12(13)22)8-20-21-16-15-11-3-2-4-14(11)24-17(15)19-9-18-16/h5-7,9,22H,2-4,8H2,1H3. The van der Waals surface area contributed by atoms with Crippen LogP contribution in [0, 0.1) is 0 Å². The van der Waals surface area contributed by atoms with E-state index in [1.165, 1.54) is 24.0 Å². The molecule has 1 aromatic carbocycles. The van der Waals surface area contributed by atoms with Gasteiger partial charge in [-0.05, 0) is 42.5 Å². The molecule has 6 nitrogen and oxygen atoms in total. The number of thiophene rings is 1. The Morgan fingerprint density at radius 1 is 1.29 bits per heavy atom. The van der Waals surface area contributed by atoms with Gasteiger partial charge < -0.3 is 9.84 Å². The van der Waals surface area contributed by atoms with E-state index in [0.29, 0.717) is 18.1 Å². The summed E-state index contributed by atoms with van der Waals surface area (Å²) >= 11 is 1.74. The maximum absolute atomic E-state index is 9.63. The van der Waals surface area contributed by atoms with Crippen molar-refractivity contribution in [1.29, 1.82) is 0 Å². The van der Waals surface area contributed by atoms with E-state index in [-0.39, 0.29) is 5.75 Å². The SMILES string of the molecule is COc1cc(CN=Nc2ncnc3sc4c(c23)CCC4)ccc1O. The number of hydrogen-bond acceptors (Lipinski definition) is 7. The molecule has 3 aromatic rings. The fourth-order valence-electron chi connectivity index (χ4n) is 2.99. The van der Waals surface area contributed by atoms with Crippen LogP contribution >= 0.6 is 11.3 Å². The lowest BCUT2D eigenvalue weighted by atomic mass is 10.2. The number of phenolic OH excluding ortho intramolecular Hbond substituents is 1. The van der Waals surface area contributed by atoms with Crippen LogP contribution in [0.2, 0.25) is 0 Å². The van der Waals surface area contributed by atoms with Crippen LogP contribution in [0.1, 0.15) is 22.4 Å². The largest absolute Gasteiger partial charge is 0.504 e. The molecule has 0 amide bonds. The monoisotopic (exact) mass is 340 g/mol. The summed E-state index contributed by atoms with van der Waals surface area (Å²) in [5.74, 6) is 1.19. The predicted molar refractivity (Wildman–Crippen MR) is 92.3 cm³/mol. The van der Waals surface area contributed by atoms with Gasteiger partial charge >= 0.3 is 0 Å². The molecule has 24 heavy (non-hydrogen) atoms. The van der Waals surface area contributed by atoms with Crippen molar-refractivity contribution in [3.8, 4) is 11.5 Å². The number of fused-ring (bicyclic) bond motifs is 3. The molecule has 1 aliphatic carbocycles. The molecule has 0 spiro atoms. The normalized spacial score (nSPS) is 13.7. The summed E-state index contributed by atoms with van der Waals surface area (Å²) in [6.45, 7) is 0.397. The van der Waals surface area contributed by atoms with Crippen molar-refractivity contribution in [1.82, 2.24) is 9.97 Å². The number of aromatic hydroxyl groups is 1. The molecule has 0 radical (unpaired) electrons. The third-order valence-electron chi connectivity index (χ3n) is 4.14.